The van der Waals surface area contributed by atoms with Crippen LogP contribution in [0.4, 0.5) is 9.93 Å². The van der Waals surface area contributed by atoms with Gasteiger partial charge in [0.1, 0.15) is 17.3 Å². The molecule has 4 heterocycles. The monoisotopic (exact) mass is 661 g/mol. The van der Waals surface area contributed by atoms with Crippen LogP contribution in [-0.4, -0.2) is 75.2 Å². The predicted octanol–water partition coefficient (Wildman–Crippen LogP) is -7.43. The van der Waals surface area contributed by atoms with Crippen molar-refractivity contribution in [2.24, 2.45) is 11.8 Å². The van der Waals surface area contributed by atoms with Crippen molar-refractivity contribution in [1.29, 1.82) is 0 Å². The van der Waals surface area contributed by atoms with Crippen molar-refractivity contribution >= 4 is 28.5 Å². The summed E-state index contributed by atoms with van der Waals surface area (Å²) >= 11 is 1.78. The number of nitrogens with one attached hydrogen (secondary N) is 2. The van der Waals surface area contributed by atoms with Gasteiger partial charge in [-0.1, -0.05) is 57.0 Å². The number of piperidine rings is 1. The minimum absolute atomic E-state index is 0. The largest absolute Gasteiger partial charge is 1.00 e. The number of quaternary nitrogens is 2. The highest BCUT2D eigenvalue weighted by Gasteiger charge is 2.60. The molecule has 0 radical (unpaired) electrons. The van der Waals surface area contributed by atoms with Gasteiger partial charge >= 0.3 is 11.2 Å². The van der Waals surface area contributed by atoms with Crippen molar-refractivity contribution in [2.45, 2.75) is 63.5 Å². The summed E-state index contributed by atoms with van der Waals surface area (Å²) in [6, 6.07) is 11.1. The second-order valence-corrected chi connectivity index (χ2v) is 13.0. The molecule has 2 aromatic rings. The van der Waals surface area contributed by atoms with Crippen molar-refractivity contribution in [3.05, 3.63) is 46.5 Å². The molecule has 8 nitrogen and oxygen atoms in total. The van der Waals surface area contributed by atoms with E-state index in [2.05, 4.69) is 73.5 Å². The number of nitrogens with two attached hydrogens (primary N) is 1. The number of ether oxygens (including phenoxy) is 1. The molecule has 0 bridgehead atoms. The second-order valence-electron chi connectivity index (χ2n) is 11.9. The Hall–Kier alpha value is -1.62. The van der Waals surface area contributed by atoms with Gasteiger partial charge in [0, 0.05) is 19.1 Å². The number of H-pyrrole nitrogens is 1. The first kappa shape index (κ1) is 36.6. The summed E-state index contributed by atoms with van der Waals surface area (Å²) in [7, 11) is 5.66. The van der Waals surface area contributed by atoms with Crippen LogP contribution in [0.15, 0.2) is 30.3 Å². The predicted molar refractivity (Wildman–Crippen MR) is 151 cm³/mol. The summed E-state index contributed by atoms with van der Waals surface area (Å²) in [5, 5.41) is 3.42. The van der Waals surface area contributed by atoms with Gasteiger partial charge in [0.15, 0.2) is 0 Å². The van der Waals surface area contributed by atoms with Crippen molar-refractivity contribution in [1.82, 2.24) is 9.80 Å². The van der Waals surface area contributed by atoms with Crippen LogP contribution >= 0.6 is 11.3 Å². The van der Waals surface area contributed by atoms with E-state index in [4.69, 9.17) is 4.74 Å². The Morgan fingerprint density at radius 1 is 1.17 bits per heavy atom. The smallest absolute Gasteiger partial charge is 0.426 e. The molecular formula is C30H46Cl3N5O3S. The van der Waals surface area contributed by atoms with Crippen molar-refractivity contribution in [3.8, 4) is 0 Å². The molecule has 4 atom stereocenters. The third-order valence-electron chi connectivity index (χ3n) is 9.57. The quantitative estimate of drug-likeness (QED) is 0.323. The Balaban J connectivity index is 0.00000205. The molecule has 12 heteroatoms. The van der Waals surface area contributed by atoms with Crippen LogP contribution in [0.25, 0.3) is 0 Å². The Morgan fingerprint density at radius 2 is 1.86 bits per heavy atom. The molecule has 3 aliphatic heterocycles. The molecule has 4 N–H and O–H groups in total. The van der Waals surface area contributed by atoms with E-state index in [0.29, 0.717) is 24.9 Å². The molecule has 2 saturated heterocycles. The number of hydrogen-bond acceptors (Lipinski definition) is 4. The molecule has 1 spiro atoms. The van der Waals surface area contributed by atoms with Gasteiger partial charge in [0.05, 0.1) is 39.7 Å². The van der Waals surface area contributed by atoms with Crippen LogP contribution < -0.4 is 52.4 Å². The molecular weight excluding hydrogens is 617 g/mol. The summed E-state index contributed by atoms with van der Waals surface area (Å²) in [6.45, 7) is 7.90. The third kappa shape index (κ3) is 6.71. The first-order valence-electron chi connectivity index (χ1n) is 14.7. The van der Waals surface area contributed by atoms with Crippen LogP contribution in [0.3, 0.4) is 0 Å². The van der Waals surface area contributed by atoms with E-state index in [1.807, 2.05) is 0 Å². The van der Waals surface area contributed by atoms with Gasteiger partial charge in [-0.05, 0) is 41.6 Å². The molecule has 0 saturated carbocycles. The zero-order valence-corrected chi connectivity index (χ0v) is 28.4. The fourth-order valence-electron chi connectivity index (χ4n) is 7.46. The number of methoxy groups -OCH3 is 1. The minimum Gasteiger partial charge on any atom is -1.00 e. The average Bonchev–Trinajstić information content (AvgIpc) is 3.59. The standard InChI is InChI=1S/C30H43N5O3S.3ClH/c1-6-20(7-2)25-15-22(21-11-9-8-10-12-21)13-14-35(25)27(36)23-16-31-18-30(23)19-34(29(37)38-5)17-24-26(30)39-28(32-24)33(3)4;;;/h8-12,20,22-23,25,31H,6-7,13-19H2,1-5H3;3*1H/t22-,23+,25+,30+;;;/m1.../s1. The lowest BCUT2D eigenvalue weighted by molar-refractivity contribution is -0.823. The molecule has 3 aliphatic rings. The lowest BCUT2D eigenvalue weighted by Crippen LogP contribution is -3.01. The SMILES string of the molecule is CCC(CC)[C@@H]1C[C@H](c2ccccc2)CCN1C(=O)[C@@H]1C[NH2+]C[C@]12CN(C(=O)OC)Cc1[nH+]c([NH+](C)C)sc12.[Cl-].[Cl-].[Cl-]. The van der Waals surface area contributed by atoms with Crippen LogP contribution in [0.5, 0.6) is 0 Å². The van der Waals surface area contributed by atoms with E-state index >= 15 is 0 Å². The first-order chi connectivity index (χ1) is 18.8. The summed E-state index contributed by atoms with van der Waals surface area (Å²) in [6.07, 6.45) is 3.84. The average molecular weight is 663 g/mol. The zero-order chi connectivity index (χ0) is 27.7. The zero-order valence-electron chi connectivity index (χ0n) is 25.3. The third-order valence-corrected chi connectivity index (χ3v) is 11.1. The summed E-state index contributed by atoms with van der Waals surface area (Å²) in [4.78, 5) is 37.6. The number of carbonyl (C=O) groups is 2. The van der Waals surface area contributed by atoms with Gasteiger partial charge in [-0.15, -0.1) is 4.98 Å². The second kappa shape index (κ2) is 15.4. The van der Waals surface area contributed by atoms with Crippen LogP contribution in [0, 0.1) is 11.8 Å². The maximum Gasteiger partial charge on any atom is 0.426 e. The molecule has 2 fully saturated rings. The highest BCUT2D eigenvalue weighted by atomic mass is 35.5. The van der Waals surface area contributed by atoms with Crippen LogP contribution in [0.2, 0.25) is 0 Å². The van der Waals surface area contributed by atoms with E-state index in [1.165, 1.54) is 22.5 Å². The van der Waals surface area contributed by atoms with Crippen molar-refractivity contribution in [2.75, 3.05) is 47.4 Å². The molecule has 42 heavy (non-hydrogen) atoms. The summed E-state index contributed by atoms with van der Waals surface area (Å²) in [5.41, 5.74) is 2.03. The van der Waals surface area contributed by atoms with Gasteiger partial charge in [-0.2, -0.15) is 0 Å². The van der Waals surface area contributed by atoms with Gasteiger partial charge in [0.2, 0.25) is 11.6 Å². The summed E-state index contributed by atoms with van der Waals surface area (Å²) < 4.78 is 5.17. The van der Waals surface area contributed by atoms with E-state index in [-0.39, 0.29) is 61.2 Å². The number of likely N-dealkylation sites (tertiary alicyclic amines) is 1. The Labute approximate surface area is 273 Å². The van der Waals surface area contributed by atoms with Gasteiger partial charge < -0.3 is 52.2 Å². The number of hydrogen-bond donors (Lipinski definition) is 2. The van der Waals surface area contributed by atoms with Gasteiger partial charge in [-0.3, -0.25) is 9.69 Å². The number of halogens is 3. The van der Waals surface area contributed by atoms with E-state index < -0.39 is 5.41 Å². The van der Waals surface area contributed by atoms with Gasteiger partial charge in [-0.25, -0.2) is 9.69 Å². The molecule has 1 aromatic carbocycles. The van der Waals surface area contributed by atoms with Crippen molar-refractivity contribution in [3.63, 3.8) is 0 Å². The van der Waals surface area contributed by atoms with Crippen molar-refractivity contribution < 1.29 is 66.7 Å². The number of carbonyl (C=O) groups excluding carboxylic acids is 2. The normalized spacial score (nSPS) is 25.0. The fraction of sp³-hybridized carbons (Fsp3) is 0.633. The Kier molecular flexibility index (Phi) is 13.4. The van der Waals surface area contributed by atoms with E-state index in [0.717, 1.165) is 56.1 Å². The van der Waals surface area contributed by atoms with E-state index in [1.54, 1.807) is 16.2 Å². The number of fused-ring (bicyclic) bond motifs is 2. The molecule has 0 unspecified atom stereocenters. The Morgan fingerprint density at radius 3 is 2.48 bits per heavy atom. The topological polar surface area (TPSA) is 85.0 Å². The summed E-state index contributed by atoms with van der Waals surface area (Å²) in [5.74, 6) is 1.07. The highest BCUT2D eigenvalue weighted by molar-refractivity contribution is 7.14. The number of rotatable bonds is 6. The number of thiazole rings is 1. The maximum atomic E-state index is 14.7. The number of aromatic amines is 1. The Bertz CT molecular complexity index is 1180. The fourth-order valence-corrected chi connectivity index (χ4v) is 8.77. The minimum atomic E-state index is -0.414. The van der Waals surface area contributed by atoms with Crippen LogP contribution in [-0.2, 0) is 21.5 Å². The first-order valence-corrected chi connectivity index (χ1v) is 15.5. The van der Waals surface area contributed by atoms with Gasteiger partial charge in [0.25, 0.3) is 0 Å². The molecule has 5 rings (SSSR count). The van der Waals surface area contributed by atoms with Crippen LogP contribution in [0.1, 0.15) is 61.6 Å². The highest BCUT2D eigenvalue weighted by Crippen LogP contribution is 2.45. The molecule has 0 aliphatic carbocycles. The number of nitrogens with zero attached hydrogens (tertiary/aromatic N) is 2. The molecule has 2 amide bonds. The maximum absolute atomic E-state index is 14.7. The van der Waals surface area contributed by atoms with E-state index in [9.17, 15) is 9.59 Å². The molecule has 236 valence electrons. The lowest BCUT2D eigenvalue weighted by atomic mass is 9.72. The number of aromatic nitrogens is 1. The number of benzene rings is 1. The molecule has 1 aromatic heterocycles. The lowest BCUT2D eigenvalue weighted by Gasteiger charge is -2.46. The number of amides is 2.